The minimum absolute atomic E-state index is 0.316. The first-order valence-electron chi connectivity index (χ1n) is 8.54. The molecule has 0 aliphatic rings. The van der Waals surface area contributed by atoms with Crippen LogP contribution in [0.2, 0.25) is 0 Å². The summed E-state index contributed by atoms with van der Waals surface area (Å²) in [5, 5.41) is 5.03. The molecule has 0 fully saturated rings. The van der Waals surface area contributed by atoms with Gasteiger partial charge < -0.3 is 9.64 Å². The smallest absolute Gasteiger partial charge is 0.341 e. The third-order valence-electron chi connectivity index (χ3n) is 4.60. The largest absolute Gasteiger partial charge is 0.462 e. The van der Waals surface area contributed by atoms with Gasteiger partial charge in [0, 0.05) is 25.7 Å². The number of fused-ring (bicyclic) bond motifs is 1. The number of aryl methyl sites for hydroxylation is 3. The molecule has 0 spiro atoms. The van der Waals surface area contributed by atoms with E-state index in [-0.39, 0.29) is 5.97 Å². The number of esters is 1. The van der Waals surface area contributed by atoms with Crippen LogP contribution in [0, 0.1) is 13.8 Å². The molecule has 0 saturated carbocycles. The van der Waals surface area contributed by atoms with Gasteiger partial charge in [-0.15, -0.1) is 0 Å². The lowest BCUT2D eigenvalue weighted by molar-refractivity contribution is 0.0527. The summed E-state index contributed by atoms with van der Waals surface area (Å²) in [5.74, 6) is 0.427. The van der Waals surface area contributed by atoms with Crippen LogP contribution in [-0.2, 0) is 18.3 Å². The zero-order valence-electron chi connectivity index (χ0n) is 15.8. The van der Waals surface area contributed by atoms with Gasteiger partial charge in [0.25, 0.3) is 0 Å². The Morgan fingerprint density at radius 2 is 2.04 bits per heavy atom. The average molecular weight is 353 g/mol. The summed E-state index contributed by atoms with van der Waals surface area (Å²) in [6, 6.07) is 4.06. The lowest BCUT2D eigenvalue weighted by Crippen LogP contribution is -2.23. The summed E-state index contributed by atoms with van der Waals surface area (Å²) in [6.45, 7) is 6.72. The van der Waals surface area contributed by atoms with E-state index in [0.717, 1.165) is 33.5 Å². The molecule has 2 aromatic heterocycles. The summed E-state index contributed by atoms with van der Waals surface area (Å²) in [6.07, 6.45) is 3.13. The third-order valence-corrected chi connectivity index (χ3v) is 4.60. The van der Waals surface area contributed by atoms with E-state index in [1.54, 1.807) is 17.8 Å². The van der Waals surface area contributed by atoms with E-state index in [4.69, 9.17) is 4.74 Å². The molecule has 2 heterocycles. The fourth-order valence-electron chi connectivity index (χ4n) is 3.02. The number of carbonyl (C=O) groups excluding carboxylic acids is 1. The summed E-state index contributed by atoms with van der Waals surface area (Å²) in [4.78, 5) is 23.3. The first-order chi connectivity index (χ1) is 12.4. The molecule has 0 aliphatic heterocycles. The Hall–Kier alpha value is -2.96. The Bertz CT molecular complexity index is 964. The second-order valence-electron chi connectivity index (χ2n) is 6.30. The van der Waals surface area contributed by atoms with E-state index in [2.05, 4.69) is 22.0 Å². The number of anilines is 1. The van der Waals surface area contributed by atoms with E-state index in [1.807, 2.05) is 38.1 Å². The van der Waals surface area contributed by atoms with Crippen LogP contribution in [0.4, 0.5) is 5.69 Å². The van der Waals surface area contributed by atoms with Crippen LogP contribution in [0.15, 0.2) is 24.7 Å². The molecule has 7 heteroatoms. The molecular weight excluding hydrogens is 330 g/mol. The highest BCUT2D eigenvalue weighted by molar-refractivity contribution is 6.06. The normalized spacial score (nSPS) is 11.0. The zero-order valence-corrected chi connectivity index (χ0v) is 15.8. The third kappa shape index (κ3) is 3.12. The lowest BCUT2D eigenvalue weighted by Gasteiger charge is -2.23. The molecule has 3 aromatic rings. The number of hydrogen-bond donors (Lipinski definition) is 0. The fraction of sp³-hybridized carbons (Fsp3) is 0.368. The highest BCUT2D eigenvalue weighted by Gasteiger charge is 2.21. The Morgan fingerprint density at radius 1 is 1.27 bits per heavy atom. The molecule has 0 saturated heterocycles. The molecule has 0 aliphatic carbocycles. The van der Waals surface area contributed by atoms with Crippen molar-refractivity contribution in [3.63, 3.8) is 0 Å². The van der Waals surface area contributed by atoms with Crippen molar-refractivity contribution < 1.29 is 9.53 Å². The number of benzene rings is 1. The van der Waals surface area contributed by atoms with Gasteiger partial charge >= 0.3 is 5.97 Å². The van der Waals surface area contributed by atoms with Gasteiger partial charge in [-0.2, -0.15) is 5.10 Å². The number of aromatic nitrogens is 4. The van der Waals surface area contributed by atoms with Crippen molar-refractivity contribution in [3.8, 4) is 0 Å². The van der Waals surface area contributed by atoms with Crippen LogP contribution in [0.25, 0.3) is 10.9 Å². The van der Waals surface area contributed by atoms with Gasteiger partial charge in [-0.3, -0.25) is 9.67 Å². The minimum atomic E-state index is -0.375. The first-order valence-corrected chi connectivity index (χ1v) is 8.54. The Labute approximate surface area is 152 Å². The highest BCUT2D eigenvalue weighted by atomic mass is 16.5. The summed E-state index contributed by atoms with van der Waals surface area (Å²) in [7, 11) is 3.78. The summed E-state index contributed by atoms with van der Waals surface area (Å²) < 4.78 is 6.96. The monoisotopic (exact) mass is 353 g/mol. The fourth-order valence-corrected chi connectivity index (χ4v) is 3.02. The highest BCUT2D eigenvalue weighted by Crippen LogP contribution is 2.32. The lowest BCUT2D eigenvalue weighted by atomic mass is 10.0. The molecule has 0 unspecified atom stereocenters. The number of nitrogens with zero attached hydrogens (tertiary/aromatic N) is 5. The maximum atomic E-state index is 12.5. The van der Waals surface area contributed by atoms with Crippen LogP contribution in [0.5, 0.6) is 0 Å². The van der Waals surface area contributed by atoms with Gasteiger partial charge in [-0.1, -0.05) is 12.1 Å². The molecule has 26 heavy (non-hydrogen) atoms. The SMILES string of the molecule is CCOC(=O)c1cnc2c(C)c(C)ccc2c1N(C)Cc1ncnn1C. The van der Waals surface area contributed by atoms with Gasteiger partial charge in [0.05, 0.1) is 24.4 Å². The first kappa shape index (κ1) is 17.8. The van der Waals surface area contributed by atoms with Gasteiger partial charge in [-0.05, 0) is 31.9 Å². The number of ether oxygens (including phenoxy) is 1. The van der Waals surface area contributed by atoms with Gasteiger partial charge in [0.1, 0.15) is 17.7 Å². The van der Waals surface area contributed by atoms with E-state index in [1.165, 1.54) is 6.33 Å². The quantitative estimate of drug-likeness (QED) is 0.657. The number of rotatable bonds is 5. The van der Waals surface area contributed by atoms with Gasteiger partial charge in [-0.25, -0.2) is 9.78 Å². The average Bonchev–Trinajstić information content (AvgIpc) is 3.02. The second-order valence-corrected chi connectivity index (χ2v) is 6.30. The molecule has 1 aromatic carbocycles. The van der Waals surface area contributed by atoms with Gasteiger partial charge in [0.15, 0.2) is 0 Å². The number of hydrogen-bond acceptors (Lipinski definition) is 6. The van der Waals surface area contributed by atoms with E-state index in [0.29, 0.717) is 18.7 Å². The minimum Gasteiger partial charge on any atom is -0.462 e. The standard InChI is InChI=1S/C19H23N5O2/c1-6-26-19(25)15-9-20-17-13(3)12(2)7-8-14(17)18(15)23(4)10-16-21-11-22-24(16)5/h7-9,11H,6,10H2,1-5H3. The second kappa shape index (κ2) is 7.11. The molecule has 0 N–H and O–H groups in total. The summed E-state index contributed by atoms with van der Waals surface area (Å²) >= 11 is 0. The maximum absolute atomic E-state index is 12.5. The van der Waals surface area contributed by atoms with Crippen molar-refractivity contribution in [2.75, 3.05) is 18.6 Å². The topological polar surface area (TPSA) is 73.1 Å². The Kier molecular flexibility index (Phi) is 4.88. The van der Waals surface area contributed by atoms with Crippen molar-refractivity contribution in [1.29, 1.82) is 0 Å². The van der Waals surface area contributed by atoms with Crippen molar-refractivity contribution in [2.45, 2.75) is 27.3 Å². The molecule has 0 bridgehead atoms. The molecule has 3 rings (SSSR count). The van der Waals surface area contributed by atoms with E-state index < -0.39 is 0 Å². The zero-order chi connectivity index (χ0) is 18.8. The number of carbonyl (C=O) groups is 1. The maximum Gasteiger partial charge on any atom is 0.341 e. The molecule has 136 valence electrons. The van der Waals surface area contributed by atoms with E-state index in [9.17, 15) is 4.79 Å². The van der Waals surface area contributed by atoms with Crippen LogP contribution >= 0.6 is 0 Å². The molecule has 0 radical (unpaired) electrons. The predicted molar refractivity (Wildman–Crippen MR) is 100 cm³/mol. The van der Waals surface area contributed by atoms with Crippen LogP contribution in [-0.4, -0.2) is 39.4 Å². The van der Waals surface area contributed by atoms with Crippen molar-refractivity contribution >= 4 is 22.6 Å². The van der Waals surface area contributed by atoms with E-state index >= 15 is 0 Å². The molecular formula is C19H23N5O2. The Balaban J connectivity index is 2.18. The van der Waals surface area contributed by atoms with Crippen molar-refractivity contribution in [3.05, 3.63) is 47.2 Å². The number of pyridine rings is 1. The molecule has 7 nitrogen and oxygen atoms in total. The molecule has 0 amide bonds. The van der Waals surface area contributed by atoms with Gasteiger partial charge in [0.2, 0.25) is 0 Å². The Morgan fingerprint density at radius 3 is 2.69 bits per heavy atom. The van der Waals surface area contributed by atoms with Crippen molar-refractivity contribution in [2.24, 2.45) is 7.05 Å². The van der Waals surface area contributed by atoms with Crippen LogP contribution in [0.3, 0.4) is 0 Å². The molecule has 0 atom stereocenters. The predicted octanol–water partition coefficient (Wildman–Crippen LogP) is 2.79. The van der Waals surface area contributed by atoms with Crippen LogP contribution in [0.1, 0.15) is 34.2 Å². The summed E-state index contributed by atoms with van der Waals surface area (Å²) in [5.41, 5.74) is 4.40. The van der Waals surface area contributed by atoms with Crippen molar-refractivity contribution in [1.82, 2.24) is 19.7 Å². The van der Waals surface area contributed by atoms with Crippen LogP contribution < -0.4 is 4.90 Å².